The molecular formula is C15H20F2N2O. The minimum absolute atomic E-state index is 0.0588. The van der Waals surface area contributed by atoms with Crippen LogP contribution in [0, 0.1) is 0 Å². The third-order valence-electron chi connectivity index (χ3n) is 3.77. The van der Waals surface area contributed by atoms with Crippen molar-refractivity contribution >= 4 is 5.91 Å². The summed E-state index contributed by atoms with van der Waals surface area (Å²) in [7, 11) is 0. The predicted molar refractivity (Wildman–Crippen MR) is 73.5 cm³/mol. The Bertz CT molecular complexity index is 440. The lowest BCUT2D eigenvalue weighted by molar-refractivity contribution is -0.129. The average Bonchev–Trinajstić information content (AvgIpc) is 2.46. The first-order valence-electron chi connectivity index (χ1n) is 6.92. The lowest BCUT2D eigenvalue weighted by atomic mass is 10.0. The highest BCUT2D eigenvalue weighted by Gasteiger charge is 2.19. The van der Waals surface area contributed by atoms with Crippen LogP contribution in [0.4, 0.5) is 8.78 Å². The van der Waals surface area contributed by atoms with Gasteiger partial charge in [-0.25, -0.2) is 8.78 Å². The van der Waals surface area contributed by atoms with Crippen molar-refractivity contribution in [3.05, 3.63) is 35.4 Å². The predicted octanol–water partition coefficient (Wildman–Crippen LogP) is 2.72. The molecule has 0 aliphatic carbocycles. The van der Waals surface area contributed by atoms with Gasteiger partial charge in [-0.1, -0.05) is 24.3 Å². The quantitative estimate of drug-likeness (QED) is 0.921. The fraction of sp³-hybridized carbons (Fsp3) is 0.533. The van der Waals surface area contributed by atoms with Crippen molar-refractivity contribution < 1.29 is 13.6 Å². The smallest absolute Gasteiger partial charge is 0.263 e. The minimum atomic E-state index is -2.41. The van der Waals surface area contributed by atoms with Gasteiger partial charge in [-0.15, -0.1) is 0 Å². The van der Waals surface area contributed by atoms with Crippen LogP contribution in [-0.2, 0) is 11.3 Å². The van der Waals surface area contributed by atoms with E-state index in [9.17, 15) is 13.6 Å². The van der Waals surface area contributed by atoms with Crippen LogP contribution in [0.3, 0.4) is 0 Å². The van der Waals surface area contributed by atoms with Crippen LogP contribution < -0.4 is 5.32 Å². The van der Waals surface area contributed by atoms with Crippen LogP contribution in [0.25, 0.3) is 0 Å². The van der Waals surface area contributed by atoms with Gasteiger partial charge < -0.3 is 10.2 Å². The summed E-state index contributed by atoms with van der Waals surface area (Å²) < 4.78 is 24.9. The van der Waals surface area contributed by atoms with E-state index in [2.05, 4.69) is 5.32 Å². The van der Waals surface area contributed by atoms with Gasteiger partial charge in [0, 0.05) is 38.2 Å². The summed E-state index contributed by atoms with van der Waals surface area (Å²) in [5.74, 6) is 0.131. The zero-order valence-corrected chi connectivity index (χ0v) is 11.6. The molecule has 0 unspecified atom stereocenters. The molecule has 1 N–H and O–H groups in total. The monoisotopic (exact) mass is 282 g/mol. The van der Waals surface area contributed by atoms with Crippen LogP contribution >= 0.6 is 0 Å². The third kappa shape index (κ3) is 4.00. The van der Waals surface area contributed by atoms with Gasteiger partial charge in [-0.3, -0.25) is 4.79 Å². The summed E-state index contributed by atoms with van der Waals surface area (Å²) in [6.07, 6.45) is -0.531. The molecule has 0 atom stereocenters. The van der Waals surface area contributed by atoms with Gasteiger partial charge in [-0.2, -0.15) is 0 Å². The third-order valence-corrected chi connectivity index (χ3v) is 3.77. The number of rotatable bonds is 4. The van der Waals surface area contributed by atoms with Crippen molar-refractivity contribution in [2.45, 2.75) is 38.8 Å². The normalized spacial score (nSPS) is 16.7. The second-order valence-corrected chi connectivity index (χ2v) is 5.20. The van der Waals surface area contributed by atoms with Crippen LogP contribution in [-0.4, -0.2) is 29.9 Å². The summed E-state index contributed by atoms with van der Waals surface area (Å²) >= 11 is 0. The molecule has 1 aromatic carbocycles. The molecule has 1 heterocycles. The number of halogens is 2. The molecule has 3 nitrogen and oxygen atoms in total. The number of hydrogen-bond acceptors (Lipinski definition) is 2. The summed E-state index contributed by atoms with van der Waals surface area (Å²) in [5, 5.41) is 3.42. The van der Waals surface area contributed by atoms with Gasteiger partial charge >= 0.3 is 0 Å². The molecule has 5 heteroatoms. The van der Waals surface area contributed by atoms with Gasteiger partial charge in [0.15, 0.2) is 0 Å². The minimum Gasteiger partial charge on any atom is -0.343 e. The Kier molecular flexibility index (Phi) is 5.06. The summed E-state index contributed by atoms with van der Waals surface area (Å²) in [6.45, 7) is 3.85. The lowest BCUT2D eigenvalue weighted by Gasteiger charge is -2.31. The number of likely N-dealkylation sites (tertiary alicyclic amines) is 1. The zero-order valence-electron chi connectivity index (χ0n) is 11.6. The first-order chi connectivity index (χ1) is 9.56. The van der Waals surface area contributed by atoms with Crippen LogP contribution in [0.15, 0.2) is 24.3 Å². The second kappa shape index (κ2) is 6.79. The second-order valence-electron chi connectivity index (χ2n) is 5.20. The van der Waals surface area contributed by atoms with Crippen molar-refractivity contribution in [3.63, 3.8) is 0 Å². The number of piperidine rings is 1. The molecule has 2 rings (SSSR count). The lowest BCUT2D eigenvalue weighted by Crippen LogP contribution is -2.43. The molecule has 0 aromatic heterocycles. The van der Waals surface area contributed by atoms with Gasteiger partial charge in [0.05, 0.1) is 0 Å². The summed E-state index contributed by atoms with van der Waals surface area (Å²) in [6, 6.07) is 6.80. The fourth-order valence-electron chi connectivity index (χ4n) is 2.44. The Labute approximate surface area is 118 Å². The summed E-state index contributed by atoms with van der Waals surface area (Å²) in [5.41, 5.74) is 1.06. The Morgan fingerprint density at radius 1 is 1.30 bits per heavy atom. The van der Waals surface area contributed by atoms with Gasteiger partial charge in [0.1, 0.15) is 0 Å². The molecule has 0 saturated carbocycles. The summed E-state index contributed by atoms with van der Waals surface area (Å²) in [4.78, 5) is 13.1. The highest BCUT2D eigenvalue weighted by atomic mass is 19.3. The van der Waals surface area contributed by atoms with E-state index in [0.29, 0.717) is 12.6 Å². The molecule has 1 aromatic rings. The number of amides is 1. The molecule has 1 aliphatic heterocycles. The molecule has 0 bridgehead atoms. The van der Waals surface area contributed by atoms with E-state index >= 15 is 0 Å². The SMILES string of the molecule is CC(=O)N1CCC(NCc2ccc(C(F)F)cc2)CC1. The van der Waals surface area contributed by atoms with E-state index in [-0.39, 0.29) is 11.5 Å². The number of hydrogen-bond donors (Lipinski definition) is 1. The van der Waals surface area contributed by atoms with Crippen LogP contribution in [0.5, 0.6) is 0 Å². The maximum Gasteiger partial charge on any atom is 0.263 e. The van der Waals surface area contributed by atoms with Gasteiger partial charge in [0.2, 0.25) is 5.91 Å². The van der Waals surface area contributed by atoms with E-state index in [4.69, 9.17) is 0 Å². The Morgan fingerprint density at radius 2 is 1.90 bits per heavy atom. The maximum absolute atomic E-state index is 12.4. The molecule has 1 amide bonds. The molecule has 0 radical (unpaired) electrons. The largest absolute Gasteiger partial charge is 0.343 e. The Hall–Kier alpha value is -1.49. The van der Waals surface area contributed by atoms with Gasteiger partial charge in [-0.05, 0) is 18.4 Å². The number of nitrogens with zero attached hydrogens (tertiary/aromatic N) is 1. The standard InChI is InChI=1S/C15H20F2N2O/c1-11(20)19-8-6-14(7-9-19)18-10-12-2-4-13(5-3-12)15(16)17/h2-5,14-15,18H,6-10H2,1H3. The first kappa shape index (κ1) is 14.9. The average molecular weight is 282 g/mol. The van der Waals surface area contributed by atoms with Crippen LogP contribution in [0.1, 0.15) is 37.3 Å². The van der Waals surface area contributed by atoms with Crippen molar-refractivity contribution in [2.24, 2.45) is 0 Å². The van der Waals surface area contributed by atoms with Crippen LogP contribution in [0.2, 0.25) is 0 Å². The van der Waals surface area contributed by atoms with E-state index in [1.54, 1.807) is 19.1 Å². The fourth-order valence-corrected chi connectivity index (χ4v) is 2.44. The number of alkyl halides is 2. The molecule has 20 heavy (non-hydrogen) atoms. The zero-order chi connectivity index (χ0) is 14.5. The van der Waals surface area contributed by atoms with Gasteiger partial charge in [0.25, 0.3) is 6.43 Å². The Morgan fingerprint density at radius 3 is 2.40 bits per heavy atom. The number of benzene rings is 1. The van der Waals surface area contributed by atoms with E-state index in [1.807, 2.05) is 4.90 Å². The topological polar surface area (TPSA) is 32.3 Å². The molecule has 1 fully saturated rings. The van der Waals surface area contributed by atoms with E-state index in [1.165, 1.54) is 12.1 Å². The van der Waals surface area contributed by atoms with E-state index in [0.717, 1.165) is 31.5 Å². The number of carbonyl (C=O) groups excluding carboxylic acids is 1. The molecule has 0 spiro atoms. The number of carbonyl (C=O) groups is 1. The van der Waals surface area contributed by atoms with Crippen molar-refractivity contribution in [2.75, 3.05) is 13.1 Å². The molecule has 1 saturated heterocycles. The van der Waals surface area contributed by atoms with Crippen molar-refractivity contribution in [1.29, 1.82) is 0 Å². The van der Waals surface area contributed by atoms with E-state index < -0.39 is 6.43 Å². The first-order valence-corrected chi connectivity index (χ1v) is 6.92. The highest BCUT2D eigenvalue weighted by Crippen LogP contribution is 2.19. The molecule has 110 valence electrons. The molecule has 1 aliphatic rings. The number of nitrogens with one attached hydrogen (secondary N) is 1. The van der Waals surface area contributed by atoms with Crippen molar-refractivity contribution in [3.8, 4) is 0 Å². The maximum atomic E-state index is 12.4. The molecular weight excluding hydrogens is 262 g/mol. The van der Waals surface area contributed by atoms with Crippen molar-refractivity contribution in [1.82, 2.24) is 10.2 Å². The highest BCUT2D eigenvalue weighted by molar-refractivity contribution is 5.73. The Balaban J connectivity index is 1.77.